The first-order valence-electron chi connectivity index (χ1n) is 8.89. The molecule has 136 valence electrons. The number of imidazole rings is 1. The van der Waals surface area contributed by atoms with Gasteiger partial charge in [0.2, 0.25) is 0 Å². The van der Waals surface area contributed by atoms with E-state index in [2.05, 4.69) is 14.9 Å². The lowest BCUT2D eigenvalue weighted by Crippen LogP contribution is -2.34. The molecule has 0 N–H and O–H groups in total. The summed E-state index contributed by atoms with van der Waals surface area (Å²) in [6.07, 6.45) is 6.33. The van der Waals surface area contributed by atoms with Crippen LogP contribution in [0.1, 0.15) is 28.7 Å². The van der Waals surface area contributed by atoms with E-state index in [0.29, 0.717) is 25.3 Å². The summed E-state index contributed by atoms with van der Waals surface area (Å²) in [5.74, 6) is -0.0119. The fourth-order valence-electron chi connectivity index (χ4n) is 3.04. The van der Waals surface area contributed by atoms with Gasteiger partial charge in [-0.1, -0.05) is 6.07 Å². The predicted molar refractivity (Wildman–Crippen MR) is 102 cm³/mol. The number of aromatic nitrogens is 3. The zero-order chi connectivity index (χ0) is 18.5. The van der Waals surface area contributed by atoms with Crippen molar-refractivity contribution in [3.05, 3.63) is 65.9 Å². The molecule has 0 radical (unpaired) electrons. The van der Waals surface area contributed by atoms with Crippen LogP contribution < -0.4 is 0 Å². The van der Waals surface area contributed by atoms with Gasteiger partial charge in [0.05, 0.1) is 5.69 Å². The Balaban J connectivity index is 1.87. The molecular weight excluding hydrogens is 326 g/mol. The van der Waals surface area contributed by atoms with Crippen LogP contribution in [0.25, 0.3) is 5.65 Å². The number of likely N-dealkylation sites (N-methyl/N-ethyl adjacent to an activating group) is 1. The van der Waals surface area contributed by atoms with Gasteiger partial charge in [-0.05, 0) is 57.3 Å². The number of rotatable bonds is 7. The zero-order valence-corrected chi connectivity index (χ0v) is 15.6. The van der Waals surface area contributed by atoms with E-state index in [0.717, 1.165) is 17.8 Å². The lowest BCUT2D eigenvalue weighted by atomic mass is 10.2. The van der Waals surface area contributed by atoms with E-state index in [1.54, 1.807) is 12.4 Å². The van der Waals surface area contributed by atoms with Gasteiger partial charge in [-0.3, -0.25) is 9.78 Å². The molecule has 0 atom stereocenters. The van der Waals surface area contributed by atoms with Gasteiger partial charge in [-0.15, -0.1) is 0 Å². The summed E-state index contributed by atoms with van der Waals surface area (Å²) in [6.45, 7) is 3.98. The van der Waals surface area contributed by atoms with Gasteiger partial charge < -0.3 is 14.2 Å². The predicted octanol–water partition coefficient (Wildman–Crippen LogP) is 2.50. The minimum Gasteiger partial charge on any atom is -0.337 e. The van der Waals surface area contributed by atoms with E-state index in [-0.39, 0.29) is 5.91 Å². The number of nitrogens with zero attached hydrogens (tertiary/aromatic N) is 5. The highest BCUT2D eigenvalue weighted by molar-refractivity contribution is 5.94. The van der Waals surface area contributed by atoms with Crippen LogP contribution in [0.4, 0.5) is 0 Å². The van der Waals surface area contributed by atoms with Crippen molar-refractivity contribution in [2.24, 2.45) is 0 Å². The molecule has 3 aromatic heterocycles. The summed E-state index contributed by atoms with van der Waals surface area (Å²) in [7, 11) is 4.00. The summed E-state index contributed by atoms with van der Waals surface area (Å²) < 4.78 is 2.00. The number of pyridine rings is 2. The SMILES string of the molecule is CCN(CCc1ccncc1)C(=O)c1nc2ccccn2c1CN(C)C. The second kappa shape index (κ2) is 8.10. The summed E-state index contributed by atoms with van der Waals surface area (Å²) in [5, 5.41) is 0. The maximum Gasteiger partial charge on any atom is 0.274 e. The third-order valence-corrected chi connectivity index (χ3v) is 4.39. The van der Waals surface area contributed by atoms with Gasteiger partial charge in [0, 0.05) is 38.2 Å². The Bertz CT molecular complexity index is 872. The Labute approximate surface area is 154 Å². The molecule has 0 fully saturated rings. The Morgan fingerprint density at radius 3 is 2.62 bits per heavy atom. The van der Waals surface area contributed by atoms with Crippen LogP contribution in [0.15, 0.2) is 48.9 Å². The molecule has 0 aliphatic rings. The van der Waals surface area contributed by atoms with Crippen LogP contribution in [-0.2, 0) is 13.0 Å². The highest BCUT2D eigenvalue weighted by Crippen LogP contribution is 2.17. The number of hydrogen-bond acceptors (Lipinski definition) is 4. The van der Waals surface area contributed by atoms with E-state index in [1.807, 2.05) is 66.8 Å². The van der Waals surface area contributed by atoms with Crippen LogP contribution >= 0.6 is 0 Å². The molecule has 6 nitrogen and oxygen atoms in total. The second-order valence-corrected chi connectivity index (χ2v) is 6.56. The maximum atomic E-state index is 13.2. The van der Waals surface area contributed by atoms with Crippen molar-refractivity contribution in [3.63, 3.8) is 0 Å². The van der Waals surface area contributed by atoms with Gasteiger partial charge in [0.1, 0.15) is 5.65 Å². The van der Waals surface area contributed by atoms with Gasteiger partial charge in [-0.2, -0.15) is 0 Å². The molecule has 1 amide bonds. The molecule has 3 aromatic rings. The third kappa shape index (κ3) is 3.91. The molecule has 0 aliphatic heterocycles. The minimum atomic E-state index is -0.0119. The highest BCUT2D eigenvalue weighted by atomic mass is 16.2. The Morgan fingerprint density at radius 2 is 1.92 bits per heavy atom. The molecule has 0 aromatic carbocycles. The quantitative estimate of drug-likeness (QED) is 0.656. The van der Waals surface area contributed by atoms with Crippen molar-refractivity contribution in [2.75, 3.05) is 27.2 Å². The van der Waals surface area contributed by atoms with Gasteiger partial charge in [0.15, 0.2) is 5.69 Å². The Morgan fingerprint density at radius 1 is 1.15 bits per heavy atom. The molecule has 3 rings (SSSR count). The molecule has 0 unspecified atom stereocenters. The fraction of sp³-hybridized carbons (Fsp3) is 0.350. The molecule has 26 heavy (non-hydrogen) atoms. The molecule has 0 saturated heterocycles. The number of amides is 1. The lowest BCUT2D eigenvalue weighted by molar-refractivity contribution is 0.0759. The van der Waals surface area contributed by atoms with Crippen molar-refractivity contribution in [2.45, 2.75) is 19.9 Å². The largest absolute Gasteiger partial charge is 0.337 e. The molecule has 0 bridgehead atoms. The first-order valence-corrected chi connectivity index (χ1v) is 8.89. The minimum absolute atomic E-state index is 0.0119. The normalized spacial score (nSPS) is 11.2. The molecule has 0 aliphatic carbocycles. The molecule has 0 saturated carbocycles. The Hall–Kier alpha value is -2.73. The summed E-state index contributed by atoms with van der Waals surface area (Å²) >= 11 is 0. The number of carbonyl (C=O) groups excluding carboxylic acids is 1. The van der Waals surface area contributed by atoms with E-state index < -0.39 is 0 Å². The van der Waals surface area contributed by atoms with E-state index in [1.165, 1.54) is 5.56 Å². The van der Waals surface area contributed by atoms with Crippen molar-refractivity contribution >= 4 is 11.6 Å². The van der Waals surface area contributed by atoms with Crippen LogP contribution in [0.5, 0.6) is 0 Å². The van der Waals surface area contributed by atoms with E-state index >= 15 is 0 Å². The molecule has 0 spiro atoms. The zero-order valence-electron chi connectivity index (χ0n) is 15.6. The van der Waals surface area contributed by atoms with Crippen molar-refractivity contribution in [1.82, 2.24) is 24.2 Å². The first kappa shape index (κ1) is 18.1. The average molecular weight is 351 g/mol. The monoisotopic (exact) mass is 351 g/mol. The first-order chi connectivity index (χ1) is 12.6. The van der Waals surface area contributed by atoms with Crippen LogP contribution in [0.3, 0.4) is 0 Å². The summed E-state index contributed by atoms with van der Waals surface area (Å²) in [6, 6.07) is 9.81. The topological polar surface area (TPSA) is 53.7 Å². The van der Waals surface area contributed by atoms with Gasteiger partial charge in [0.25, 0.3) is 5.91 Å². The van der Waals surface area contributed by atoms with Crippen LogP contribution in [0, 0.1) is 0 Å². The van der Waals surface area contributed by atoms with Crippen molar-refractivity contribution < 1.29 is 4.79 Å². The van der Waals surface area contributed by atoms with Gasteiger partial charge in [-0.25, -0.2) is 4.98 Å². The van der Waals surface area contributed by atoms with E-state index in [4.69, 9.17) is 0 Å². The Kier molecular flexibility index (Phi) is 5.63. The standard InChI is InChI=1S/C20H25N5O/c1-4-24(14-10-16-8-11-21-12-9-16)20(26)19-17(15-23(2)3)25-13-6-5-7-18(25)22-19/h5-9,11-13H,4,10,14-15H2,1-3H3. The molecular formula is C20H25N5O. The summed E-state index contributed by atoms with van der Waals surface area (Å²) in [4.78, 5) is 25.8. The summed E-state index contributed by atoms with van der Waals surface area (Å²) in [5.41, 5.74) is 3.45. The number of hydrogen-bond donors (Lipinski definition) is 0. The van der Waals surface area contributed by atoms with Crippen molar-refractivity contribution in [1.29, 1.82) is 0 Å². The second-order valence-electron chi connectivity index (χ2n) is 6.56. The van der Waals surface area contributed by atoms with Gasteiger partial charge >= 0.3 is 0 Å². The molecule has 3 heterocycles. The number of fused-ring (bicyclic) bond motifs is 1. The smallest absolute Gasteiger partial charge is 0.274 e. The lowest BCUT2D eigenvalue weighted by Gasteiger charge is -2.21. The van der Waals surface area contributed by atoms with Crippen molar-refractivity contribution in [3.8, 4) is 0 Å². The maximum absolute atomic E-state index is 13.2. The number of carbonyl (C=O) groups is 1. The van der Waals surface area contributed by atoms with Crippen LogP contribution in [0.2, 0.25) is 0 Å². The van der Waals surface area contributed by atoms with E-state index in [9.17, 15) is 4.79 Å². The average Bonchev–Trinajstić information content (AvgIpc) is 3.01. The third-order valence-electron chi connectivity index (χ3n) is 4.39. The fourth-order valence-corrected chi connectivity index (χ4v) is 3.04. The highest BCUT2D eigenvalue weighted by Gasteiger charge is 2.23. The molecule has 6 heteroatoms. The van der Waals surface area contributed by atoms with Crippen LogP contribution in [-0.4, -0.2) is 57.3 Å².